The summed E-state index contributed by atoms with van der Waals surface area (Å²) in [5.74, 6) is -3.09. The number of aliphatic hydroxyl groups is 2. The van der Waals surface area contributed by atoms with E-state index in [0.717, 1.165) is 7.11 Å². The predicted octanol–water partition coefficient (Wildman–Crippen LogP) is 0.614. The SMILES string of the molecule is COC(O)(O)C1(C(F)(F)F)CC1. The summed E-state index contributed by atoms with van der Waals surface area (Å²) < 4.78 is 40.5. The molecule has 6 heteroatoms. The Kier molecular flexibility index (Phi) is 1.90. The number of methoxy groups -OCH3 is 1. The van der Waals surface area contributed by atoms with Crippen LogP contribution in [0.1, 0.15) is 12.8 Å². The molecular weight excluding hydrogens is 177 g/mol. The minimum atomic E-state index is -4.63. The highest BCUT2D eigenvalue weighted by molar-refractivity contribution is 5.04. The Balaban J connectivity index is 2.87. The van der Waals surface area contributed by atoms with Crippen LogP contribution in [0.5, 0.6) is 0 Å². The quantitative estimate of drug-likeness (QED) is 0.621. The molecule has 0 heterocycles. The molecule has 12 heavy (non-hydrogen) atoms. The zero-order valence-electron chi connectivity index (χ0n) is 6.35. The Labute approximate surface area is 66.8 Å². The van der Waals surface area contributed by atoms with E-state index in [4.69, 9.17) is 10.2 Å². The normalized spacial score (nSPS) is 22.5. The molecule has 0 atom stereocenters. The summed E-state index contributed by atoms with van der Waals surface area (Å²) >= 11 is 0. The Morgan fingerprint density at radius 2 is 1.67 bits per heavy atom. The van der Waals surface area contributed by atoms with Gasteiger partial charge in [-0.05, 0) is 12.8 Å². The van der Waals surface area contributed by atoms with Gasteiger partial charge in [-0.1, -0.05) is 0 Å². The van der Waals surface area contributed by atoms with Crippen LogP contribution < -0.4 is 0 Å². The molecule has 1 fully saturated rings. The van der Waals surface area contributed by atoms with E-state index in [0.29, 0.717) is 0 Å². The number of halogens is 3. The molecule has 0 aromatic carbocycles. The van der Waals surface area contributed by atoms with Gasteiger partial charge in [-0.3, -0.25) is 0 Å². The topological polar surface area (TPSA) is 49.7 Å². The summed E-state index contributed by atoms with van der Waals surface area (Å²) in [6.07, 6.45) is -5.25. The Morgan fingerprint density at radius 1 is 1.25 bits per heavy atom. The fourth-order valence-corrected chi connectivity index (χ4v) is 1.11. The van der Waals surface area contributed by atoms with Crippen LogP contribution in [0.2, 0.25) is 0 Å². The van der Waals surface area contributed by atoms with Crippen molar-refractivity contribution in [1.82, 2.24) is 0 Å². The average molecular weight is 186 g/mol. The first-order valence-electron chi connectivity index (χ1n) is 3.33. The standard InChI is InChI=1S/C6H9F3O3/c1-12-6(10,11)4(2-3-4)5(7,8)9/h10-11H,2-3H2,1H3. The third-order valence-corrected chi connectivity index (χ3v) is 2.20. The number of ether oxygens (including phenoxy) is 1. The van der Waals surface area contributed by atoms with Crippen molar-refractivity contribution >= 4 is 0 Å². The number of alkyl halides is 3. The van der Waals surface area contributed by atoms with E-state index in [1.54, 1.807) is 0 Å². The first-order chi connectivity index (χ1) is 5.27. The predicted molar refractivity (Wildman–Crippen MR) is 31.9 cm³/mol. The van der Waals surface area contributed by atoms with E-state index in [9.17, 15) is 13.2 Å². The third kappa shape index (κ3) is 1.10. The molecule has 1 aliphatic carbocycles. The monoisotopic (exact) mass is 186 g/mol. The first-order valence-corrected chi connectivity index (χ1v) is 3.33. The van der Waals surface area contributed by atoms with Crippen LogP contribution in [0.25, 0.3) is 0 Å². The molecule has 2 N–H and O–H groups in total. The maximum atomic E-state index is 12.2. The van der Waals surface area contributed by atoms with Crippen molar-refractivity contribution < 1.29 is 28.1 Å². The highest BCUT2D eigenvalue weighted by Crippen LogP contribution is 2.63. The van der Waals surface area contributed by atoms with E-state index in [-0.39, 0.29) is 12.8 Å². The highest BCUT2D eigenvalue weighted by atomic mass is 19.4. The number of hydrogen-bond acceptors (Lipinski definition) is 3. The second-order valence-corrected chi connectivity index (χ2v) is 2.89. The molecule has 0 aromatic rings. The van der Waals surface area contributed by atoms with Gasteiger partial charge >= 0.3 is 6.18 Å². The van der Waals surface area contributed by atoms with E-state index >= 15 is 0 Å². The summed E-state index contributed by atoms with van der Waals surface area (Å²) in [6, 6.07) is 0. The van der Waals surface area contributed by atoms with Crippen LogP contribution in [-0.2, 0) is 4.74 Å². The lowest BCUT2D eigenvalue weighted by Gasteiger charge is -2.30. The van der Waals surface area contributed by atoms with Crippen LogP contribution in [0, 0.1) is 5.41 Å². The average Bonchev–Trinajstić information content (AvgIpc) is 2.63. The molecule has 1 aliphatic rings. The molecule has 0 bridgehead atoms. The molecule has 1 rings (SSSR count). The van der Waals surface area contributed by atoms with Crippen molar-refractivity contribution in [2.24, 2.45) is 5.41 Å². The largest absolute Gasteiger partial charge is 0.402 e. The highest BCUT2D eigenvalue weighted by Gasteiger charge is 2.75. The second kappa shape index (κ2) is 2.34. The summed E-state index contributed by atoms with van der Waals surface area (Å²) in [5.41, 5.74) is -2.48. The van der Waals surface area contributed by atoms with Gasteiger partial charge in [0.15, 0.2) is 0 Å². The Morgan fingerprint density at radius 3 is 1.75 bits per heavy atom. The van der Waals surface area contributed by atoms with Gasteiger partial charge in [0.2, 0.25) is 0 Å². The lowest BCUT2D eigenvalue weighted by atomic mass is 10.0. The minimum Gasteiger partial charge on any atom is -0.343 e. The molecule has 0 unspecified atom stereocenters. The van der Waals surface area contributed by atoms with Crippen molar-refractivity contribution in [3.05, 3.63) is 0 Å². The molecule has 0 spiro atoms. The van der Waals surface area contributed by atoms with Gasteiger partial charge < -0.3 is 14.9 Å². The second-order valence-electron chi connectivity index (χ2n) is 2.89. The fourth-order valence-electron chi connectivity index (χ4n) is 1.11. The summed E-state index contributed by atoms with van der Waals surface area (Å²) in [4.78, 5) is 0. The van der Waals surface area contributed by atoms with Gasteiger partial charge in [0, 0.05) is 7.11 Å². The van der Waals surface area contributed by atoms with Gasteiger partial charge in [-0.2, -0.15) is 13.2 Å². The van der Waals surface area contributed by atoms with Crippen LogP contribution in [0.4, 0.5) is 13.2 Å². The molecule has 1 saturated carbocycles. The summed E-state index contributed by atoms with van der Waals surface area (Å²) in [7, 11) is 0.825. The number of hydrogen-bond donors (Lipinski definition) is 2. The van der Waals surface area contributed by atoms with Gasteiger partial charge in [0.1, 0.15) is 5.41 Å². The molecule has 0 radical (unpaired) electrons. The van der Waals surface area contributed by atoms with E-state index in [1.165, 1.54) is 0 Å². The molecule has 0 saturated heterocycles. The van der Waals surface area contributed by atoms with E-state index in [2.05, 4.69) is 4.74 Å². The molecule has 0 amide bonds. The summed E-state index contributed by atoms with van der Waals surface area (Å²) in [5, 5.41) is 17.7. The van der Waals surface area contributed by atoms with E-state index in [1.807, 2.05) is 0 Å². The van der Waals surface area contributed by atoms with Crippen LogP contribution in [0.3, 0.4) is 0 Å². The molecule has 0 aliphatic heterocycles. The van der Waals surface area contributed by atoms with Crippen molar-refractivity contribution in [1.29, 1.82) is 0 Å². The van der Waals surface area contributed by atoms with Crippen molar-refractivity contribution in [3.8, 4) is 0 Å². The maximum absolute atomic E-state index is 12.2. The molecular formula is C6H9F3O3. The van der Waals surface area contributed by atoms with Crippen molar-refractivity contribution in [3.63, 3.8) is 0 Å². The summed E-state index contributed by atoms with van der Waals surface area (Å²) in [6.45, 7) is 0. The zero-order valence-corrected chi connectivity index (χ0v) is 6.35. The number of rotatable bonds is 2. The van der Waals surface area contributed by atoms with Gasteiger partial charge in [0.25, 0.3) is 5.97 Å². The van der Waals surface area contributed by atoms with Gasteiger partial charge in [-0.25, -0.2) is 0 Å². The smallest absolute Gasteiger partial charge is 0.343 e. The van der Waals surface area contributed by atoms with Gasteiger partial charge in [-0.15, -0.1) is 0 Å². The van der Waals surface area contributed by atoms with Gasteiger partial charge in [0.05, 0.1) is 0 Å². The maximum Gasteiger partial charge on any atom is 0.402 e. The van der Waals surface area contributed by atoms with Crippen LogP contribution >= 0.6 is 0 Å². The Hall–Kier alpha value is -0.330. The Bertz CT molecular complexity index is 183. The molecule has 72 valence electrons. The lowest BCUT2D eigenvalue weighted by Crippen LogP contribution is -2.49. The zero-order chi connectivity index (χ0) is 9.62. The minimum absolute atomic E-state index is 0.308. The third-order valence-electron chi connectivity index (χ3n) is 2.20. The van der Waals surface area contributed by atoms with E-state index < -0.39 is 17.6 Å². The van der Waals surface area contributed by atoms with Crippen molar-refractivity contribution in [2.75, 3.05) is 7.11 Å². The molecule has 0 aromatic heterocycles. The first kappa shape index (κ1) is 9.76. The molecule has 3 nitrogen and oxygen atoms in total. The fraction of sp³-hybridized carbons (Fsp3) is 1.00. The lowest BCUT2D eigenvalue weighted by molar-refractivity contribution is -0.409. The van der Waals surface area contributed by atoms with Crippen LogP contribution in [-0.4, -0.2) is 29.5 Å². The van der Waals surface area contributed by atoms with Crippen molar-refractivity contribution in [2.45, 2.75) is 25.0 Å². The van der Waals surface area contributed by atoms with Crippen LogP contribution in [0.15, 0.2) is 0 Å².